The predicted molar refractivity (Wildman–Crippen MR) is 139 cm³/mol. The summed E-state index contributed by atoms with van der Waals surface area (Å²) in [6.07, 6.45) is 0.850. The topological polar surface area (TPSA) is 111 Å². The Balaban J connectivity index is 1.90. The molecule has 0 unspecified atom stereocenters. The number of sulfonamides is 1. The van der Waals surface area contributed by atoms with Crippen LogP contribution in [0, 0.1) is 0 Å². The standard InChI is InChI=1S/C25H24Cl2N2O6S/c1-34-20-8-5-9-21(35-2)22(20)16-12-10-15(11-13-16)14-19(24(30)29-36(3,32)33)28-25(31)23-17(26)6-4-7-18(23)27/h4-13,19H,14H2,1-3H3,(H,28,31)(H,29,30)/t19-/m0/s1. The van der Waals surface area contributed by atoms with Gasteiger partial charge in [0, 0.05) is 6.42 Å². The van der Waals surface area contributed by atoms with Gasteiger partial charge in [0.15, 0.2) is 0 Å². The summed E-state index contributed by atoms with van der Waals surface area (Å²) in [7, 11) is -0.744. The monoisotopic (exact) mass is 550 g/mol. The number of carbonyl (C=O) groups excluding carboxylic acids is 2. The third kappa shape index (κ3) is 6.69. The summed E-state index contributed by atoms with van der Waals surface area (Å²) in [5.41, 5.74) is 2.20. The van der Waals surface area contributed by atoms with E-state index in [0.717, 1.165) is 17.4 Å². The minimum Gasteiger partial charge on any atom is -0.496 e. The van der Waals surface area contributed by atoms with Crippen molar-refractivity contribution in [2.75, 3.05) is 20.5 Å². The molecule has 3 rings (SSSR count). The van der Waals surface area contributed by atoms with Crippen LogP contribution in [0.1, 0.15) is 15.9 Å². The highest BCUT2D eigenvalue weighted by Gasteiger charge is 2.26. The molecule has 0 fully saturated rings. The fourth-order valence-electron chi connectivity index (χ4n) is 3.59. The quantitative estimate of drug-likeness (QED) is 0.415. The van der Waals surface area contributed by atoms with E-state index in [4.69, 9.17) is 32.7 Å². The Morgan fingerprint density at radius 1 is 0.889 bits per heavy atom. The lowest BCUT2D eigenvalue weighted by Crippen LogP contribution is -2.49. The Labute approximate surface area is 219 Å². The molecule has 3 aromatic carbocycles. The lowest BCUT2D eigenvalue weighted by atomic mass is 9.99. The van der Waals surface area contributed by atoms with Gasteiger partial charge in [0.25, 0.3) is 11.8 Å². The lowest BCUT2D eigenvalue weighted by Gasteiger charge is -2.19. The molecule has 2 N–H and O–H groups in total. The molecular formula is C25H24Cl2N2O6S. The van der Waals surface area contributed by atoms with Gasteiger partial charge >= 0.3 is 0 Å². The van der Waals surface area contributed by atoms with Crippen LogP contribution < -0.4 is 19.5 Å². The van der Waals surface area contributed by atoms with E-state index in [1.165, 1.54) is 12.1 Å². The van der Waals surface area contributed by atoms with E-state index in [2.05, 4.69) is 5.32 Å². The van der Waals surface area contributed by atoms with E-state index in [-0.39, 0.29) is 22.0 Å². The molecule has 0 saturated carbocycles. The third-order valence-corrected chi connectivity index (χ3v) is 6.41. The molecule has 3 aromatic rings. The molecule has 0 radical (unpaired) electrons. The van der Waals surface area contributed by atoms with E-state index < -0.39 is 27.9 Å². The molecule has 1 atom stereocenters. The average molecular weight is 551 g/mol. The highest BCUT2D eigenvalue weighted by atomic mass is 35.5. The smallest absolute Gasteiger partial charge is 0.256 e. The van der Waals surface area contributed by atoms with Crippen LogP contribution in [0.2, 0.25) is 10.0 Å². The number of carbonyl (C=O) groups is 2. The molecule has 2 amide bonds. The van der Waals surface area contributed by atoms with Crippen LogP contribution >= 0.6 is 23.2 Å². The number of benzene rings is 3. The number of amides is 2. The fourth-order valence-corrected chi connectivity index (χ4v) is 4.66. The molecule has 0 saturated heterocycles. The normalized spacial score (nSPS) is 11.9. The number of methoxy groups -OCH3 is 2. The molecule has 36 heavy (non-hydrogen) atoms. The van der Waals surface area contributed by atoms with Crippen LogP contribution in [0.25, 0.3) is 11.1 Å². The number of hydrogen-bond acceptors (Lipinski definition) is 6. The van der Waals surface area contributed by atoms with Crippen LogP contribution in [0.15, 0.2) is 60.7 Å². The van der Waals surface area contributed by atoms with Crippen LogP contribution in [-0.4, -0.2) is 46.7 Å². The zero-order valence-corrected chi connectivity index (χ0v) is 22.0. The summed E-state index contributed by atoms with van der Waals surface area (Å²) in [5, 5.41) is 2.73. The number of nitrogens with one attached hydrogen (secondary N) is 2. The van der Waals surface area contributed by atoms with Crippen molar-refractivity contribution in [1.82, 2.24) is 10.0 Å². The van der Waals surface area contributed by atoms with E-state index in [1.807, 2.05) is 35.1 Å². The predicted octanol–water partition coefficient (Wildman–Crippen LogP) is 4.09. The number of ether oxygens (including phenoxy) is 2. The summed E-state index contributed by atoms with van der Waals surface area (Å²) in [5.74, 6) is -0.369. The van der Waals surface area contributed by atoms with E-state index in [0.29, 0.717) is 17.1 Å². The molecule has 0 spiro atoms. The average Bonchev–Trinajstić information content (AvgIpc) is 2.82. The van der Waals surface area contributed by atoms with Crippen LogP contribution in [-0.2, 0) is 21.2 Å². The highest BCUT2D eigenvalue weighted by molar-refractivity contribution is 7.89. The molecule has 0 bridgehead atoms. The maximum atomic E-state index is 12.9. The minimum absolute atomic E-state index is 0.00148. The van der Waals surface area contributed by atoms with E-state index >= 15 is 0 Å². The summed E-state index contributed by atoms with van der Waals surface area (Å²) in [6, 6.07) is 15.9. The van der Waals surface area contributed by atoms with Crippen molar-refractivity contribution in [3.8, 4) is 22.6 Å². The maximum Gasteiger partial charge on any atom is 0.256 e. The van der Waals surface area contributed by atoms with Crippen molar-refractivity contribution in [2.24, 2.45) is 0 Å². The maximum absolute atomic E-state index is 12.9. The van der Waals surface area contributed by atoms with Gasteiger partial charge in [0.2, 0.25) is 10.0 Å². The van der Waals surface area contributed by atoms with Crippen molar-refractivity contribution < 1.29 is 27.5 Å². The molecule has 0 heterocycles. The summed E-state index contributed by atoms with van der Waals surface area (Å²) >= 11 is 12.2. The molecule has 0 aromatic heterocycles. The first-order valence-electron chi connectivity index (χ1n) is 10.6. The van der Waals surface area contributed by atoms with Crippen molar-refractivity contribution in [3.05, 3.63) is 81.8 Å². The minimum atomic E-state index is -3.87. The van der Waals surface area contributed by atoms with Crippen molar-refractivity contribution >= 4 is 45.0 Å². The van der Waals surface area contributed by atoms with Crippen LogP contribution in [0.3, 0.4) is 0 Å². The van der Waals surface area contributed by atoms with Gasteiger partial charge in [-0.05, 0) is 35.4 Å². The van der Waals surface area contributed by atoms with Crippen LogP contribution in [0.4, 0.5) is 0 Å². The molecule has 0 aliphatic carbocycles. The van der Waals surface area contributed by atoms with E-state index in [9.17, 15) is 18.0 Å². The Morgan fingerprint density at radius 3 is 1.92 bits per heavy atom. The van der Waals surface area contributed by atoms with Crippen molar-refractivity contribution in [1.29, 1.82) is 0 Å². The SMILES string of the molecule is COc1cccc(OC)c1-c1ccc(C[C@H](NC(=O)c2c(Cl)cccc2Cl)C(=O)NS(C)(=O)=O)cc1. The second-order valence-electron chi connectivity index (χ2n) is 7.80. The third-order valence-electron chi connectivity index (χ3n) is 5.21. The van der Waals surface area contributed by atoms with Gasteiger partial charge in [-0.2, -0.15) is 0 Å². The first-order valence-corrected chi connectivity index (χ1v) is 13.3. The fraction of sp³-hybridized carbons (Fsp3) is 0.200. The van der Waals surface area contributed by atoms with Gasteiger partial charge in [-0.3, -0.25) is 14.3 Å². The second kappa shape index (κ2) is 11.6. The van der Waals surface area contributed by atoms with E-state index in [1.54, 1.807) is 32.4 Å². The largest absolute Gasteiger partial charge is 0.496 e. The van der Waals surface area contributed by atoms with Gasteiger partial charge in [-0.1, -0.05) is 59.6 Å². The molecule has 11 heteroatoms. The Hall–Kier alpha value is -3.27. The van der Waals surface area contributed by atoms with Crippen molar-refractivity contribution in [2.45, 2.75) is 12.5 Å². The number of rotatable bonds is 9. The Kier molecular flexibility index (Phi) is 8.84. The van der Waals surface area contributed by atoms with Gasteiger partial charge in [-0.15, -0.1) is 0 Å². The number of hydrogen-bond donors (Lipinski definition) is 2. The first kappa shape index (κ1) is 27.3. The Bertz CT molecular complexity index is 1340. The molecule has 0 aliphatic rings. The molecular weight excluding hydrogens is 527 g/mol. The molecule has 0 aliphatic heterocycles. The first-order chi connectivity index (χ1) is 17.0. The summed E-state index contributed by atoms with van der Waals surface area (Å²) < 4.78 is 36.2. The molecule has 8 nitrogen and oxygen atoms in total. The van der Waals surface area contributed by atoms with Gasteiger partial charge in [0.1, 0.15) is 17.5 Å². The highest BCUT2D eigenvalue weighted by Crippen LogP contribution is 2.38. The van der Waals surface area contributed by atoms with Gasteiger partial charge in [0.05, 0.1) is 41.6 Å². The van der Waals surface area contributed by atoms with Crippen molar-refractivity contribution in [3.63, 3.8) is 0 Å². The summed E-state index contributed by atoms with van der Waals surface area (Å²) in [4.78, 5) is 25.7. The van der Waals surface area contributed by atoms with Gasteiger partial charge < -0.3 is 14.8 Å². The zero-order valence-electron chi connectivity index (χ0n) is 19.7. The molecule has 190 valence electrons. The lowest BCUT2D eigenvalue weighted by molar-refractivity contribution is -0.121. The second-order valence-corrected chi connectivity index (χ2v) is 10.4. The van der Waals surface area contributed by atoms with Crippen LogP contribution in [0.5, 0.6) is 11.5 Å². The zero-order chi connectivity index (χ0) is 26.5. The number of halogens is 2. The Morgan fingerprint density at radius 2 is 1.42 bits per heavy atom. The summed E-state index contributed by atoms with van der Waals surface area (Å²) in [6.45, 7) is 0. The van der Waals surface area contributed by atoms with Gasteiger partial charge in [-0.25, -0.2) is 8.42 Å².